The molecule has 0 atom stereocenters. The Morgan fingerprint density at radius 1 is 1.53 bits per heavy atom. The largest absolute Gasteiger partial charge is 0.481 e. The Bertz CT molecular complexity index is 353. The van der Waals surface area contributed by atoms with Crippen LogP contribution in [0.4, 0.5) is 5.82 Å². The average Bonchev–Trinajstić information content (AvgIpc) is 2.65. The zero-order valence-electron chi connectivity index (χ0n) is 8.76. The van der Waals surface area contributed by atoms with Gasteiger partial charge in [0.2, 0.25) is 0 Å². The first-order valence-electron chi connectivity index (χ1n) is 5.14. The summed E-state index contributed by atoms with van der Waals surface area (Å²) in [6.45, 7) is 1.60. The van der Waals surface area contributed by atoms with Gasteiger partial charge in [0, 0.05) is 26.2 Å². The van der Waals surface area contributed by atoms with Gasteiger partial charge in [0.1, 0.15) is 5.82 Å². The second kappa shape index (κ2) is 3.92. The minimum absolute atomic E-state index is 0.172. The summed E-state index contributed by atoms with van der Waals surface area (Å²) in [7, 11) is 1.90. The van der Waals surface area contributed by atoms with Crippen LogP contribution in [-0.4, -0.2) is 33.9 Å². The molecule has 0 bridgehead atoms. The molecule has 0 saturated carbocycles. The van der Waals surface area contributed by atoms with Crippen LogP contribution in [0.1, 0.15) is 12.8 Å². The van der Waals surface area contributed by atoms with Crippen LogP contribution in [0.3, 0.4) is 0 Å². The number of aryl methyl sites for hydroxylation is 1. The molecule has 2 heterocycles. The smallest absolute Gasteiger partial charge is 0.306 e. The molecule has 5 heteroatoms. The van der Waals surface area contributed by atoms with Crippen molar-refractivity contribution >= 4 is 11.8 Å². The highest BCUT2D eigenvalue weighted by Crippen LogP contribution is 2.22. The maximum atomic E-state index is 10.8. The van der Waals surface area contributed by atoms with Crippen molar-refractivity contribution in [2.24, 2.45) is 13.0 Å². The maximum Gasteiger partial charge on any atom is 0.306 e. The first-order chi connectivity index (χ1) is 7.18. The molecule has 0 aromatic carbocycles. The average molecular weight is 209 g/mol. The summed E-state index contributed by atoms with van der Waals surface area (Å²) in [5, 5.41) is 13.0. The molecule has 0 spiro atoms. The number of hydrogen-bond donors (Lipinski definition) is 1. The third kappa shape index (κ3) is 1.95. The van der Waals surface area contributed by atoms with E-state index >= 15 is 0 Å². The van der Waals surface area contributed by atoms with Gasteiger partial charge >= 0.3 is 5.97 Å². The van der Waals surface area contributed by atoms with Crippen molar-refractivity contribution in [3.63, 3.8) is 0 Å². The van der Waals surface area contributed by atoms with Gasteiger partial charge in [-0.05, 0) is 12.8 Å². The third-order valence-electron chi connectivity index (χ3n) is 2.96. The Morgan fingerprint density at radius 3 is 2.67 bits per heavy atom. The summed E-state index contributed by atoms with van der Waals surface area (Å²) in [5.41, 5.74) is 0. The van der Waals surface area contributed by atoms with E-state index in [0.717, 1.165) is 31.7 Å². The van der Waals surface area contributed by atoms with E-state index < -0.39 is 5.97 Å². The molecule has 1 aromatic rings. The number of rotatable bonds is 2. The van der Waals surface area contributed by atoms with Gasteiger partial charge in [-0.3, -0.25) is 9.48 Å². The highest BCUT2D eigenvalue weighted by atomic mass is 16.4. The Hall–Kier alpha value is -1.52. The van der Waals surface area contributed by atoms with Crippen molar-refractivity contribution in [1.82, 2.24) is 9.78 Å². The van der Waals surface area contributed by atoms with E-state index in [-0.39, 0.29) is 5.92 Å². The summed E-state index contributed by atoms with van der Waals surface area (Å²) < 4.78 is 1.82. The van der Waals surface area contributed by atoms with Gasteiger partial charge in [0.15, 0.2) is 0 Å². The zero-order chi connectivity index (χ0) is 10.8. The van der Waals surface area contributed by atoms with Gasteiger partial charge < -0.3 is 10.0 Å². The molecule has 1 aromatic heterocycles. The summed E-state index contributed by atoms with van der Waals surface area (Å²) in [6, 6.07) is 1.96. The molecule has 0 unspecified atom stereocenters. The number of carbonyl (C=O) groups is 1. The third-order valence-corrected chi connectivity index (χ3v) is 2.96. The fourth-order valence-corrected chi connectivity index (χ4v) is 2.03. The van der Waals surface area contributed by atoms with Gasteiger partial charge in [-0.15, -0.1) is 0 Å². The molecule has 0 aliphatic carbocycles. The number of aromatic nitrogens is 2. The van der Waals surface area contributed by atoms with E-state index in [1.165, 1.54) is 0 Å². The fraction of sp³-hybridized carbons (Fsp3) is 0.600. The minimum atomic E-state index is -0.667. The molecule has 5 nitrogen and oxygen atoms in total. The predicted molar refractivity (Wildman–Crippen MR) is 55.8 cm³/mol. The second-order valence-corrected chi connectivity index (χ2v) is 3.91. The number of carboxylic acid groups (broad SMARTS) is 1. The lowest BCUT2D eigenvalue weighted by atomic mass is 9.97. The summed E-state index contributed by atoms with van der Waals surface area (Å²) >= 11 is 0. The van der Waals surface area contributed by atoms with Gasteiger partial charge in [0.25, 0.3) is 0 Å². The lowest BCUT2D eigenvalue weighted by Crippen LogP contribution is -2.37. The Balaban J connectivity index is 2.00. The molecule has 0 amide bonds. The molecule has 1 N–H and O–H groups in total. The molecule has 15 heavy (non-hydrogen) atoms. The maximum absolute atomic E-state index is 10.8. The second-order valence-electron chi connectivity index (χ2n) is 3.91. The van der Waals surface area contributed by atoms with Crippen LogP contribution in [0.25, 0.3) is 0 Å². The highest BCUT2D eigenvalue weighted by molar-refractivity contribution is 5.70. The number of nitrogens with zero attached hydrogens (tertiary/aromatic N) is 3. The van der Waals surface area contributed by atoms with E-state index in [2.05, 4.69) is 10.00 Å². The number of anilines is 1. The van der Waals surface area contributed by atoms with Crippen molar-refractivity contribution in [3.8, 4) is 0 Å². The lowest BCUT2D eigenvalue weighted by Gasteiger charge is -2.31. The molecule has 1 fully saturated rings. The summed E-state index contributed by atoms with van der Waals surface area (Å²) in [5.74, 6) is 0.230. The quantitative estimate of drug-likeness (QED) is 0.779. The van der Waals surface area contributed by atoms with Crippen LogP contribution in [0, 0.1) is 5.92 Å². The van der Waals surface area contributed by atoms with Crippen LogP contribution >= 0.6 is 0 Å². The highest BCUT2D eigenvalue weighted by Gasteiger charge is 2.25. The van der Waals surface area contributed by atoms with E-state index in [0.29, 0.717) is 0 Å². The van der Waals surface area contributed by atoms with Crippen molar-refractivity contribution < 1.29 is 9.90 Å². The first kappa shape index (κ1) is 10.0. The van der Waals surface area contributed by atoms with Crippen LogP contribution in [-0.2, 0) is 11.8 Å². The predicted octanol–water partition coefficient (Wildman–Crippen LogP) is 0.721. The number of piperidine rings is 1. The normalized spacial score (nSPS) is 18.1. The number of carboxylic acids is 1. The molecule has 0 radical (unpaired) electrons. The molecule has 1 aliphatic heterocycles. The van der Waals surface area contributed by atoms with Gasteiger partial charge in [-0.2, -0.15) is 5.10 Å². The van der Waals surface area contributed by atoms with E-state index in [1.54, 1.807) is 6.20 Å². The van der Waals surface area contributed by atoms with Crippen molar-refractivity contribution in [3.05, 3.63) is 12.3 Å². The molecule has 1 aliphatic rings. The van der Waals surface area contributed by atoms with Gasteiger partial charge in [0.05, 0.1) is 12.1 Å². The Morgan fingerprint density at radius 2 is 2.20 bits per heavy atom. The standard InChI is InChI=1S/C10H15N3O2/c1-12-9(2-5-11-12)13-6-3-8(4-7-13)10(14)15/h2,5,8H,3-4,6-7H2,1H3,(H,14,15). The minimum Gasteiger partial charge on any atom is -0.481 e. The van der Waals surface area contributed by atoms with Crippen LogP contribution in [0.15, 0.2) is 12.3 Å². The molecule has 1 saturated heterocycles. The number of hydrogen-bond acceptors (Lipinski definition) is 3. The molecule has 2 rings (SSSR count). The Kier molecular flexibility index (Phi) is 2.62. The van der Waals surface area contributed by atoms with E-state index in [1.807, 2.05) is 17.8 Å². The topological polar surface area (TPSA) is 58.4 Å². The molecular formula is C10H15N3O2. The first-order valence-corrected chi connectivity index (χ1v) is 5.14. The monoisotopic (exact) mass is 209 g/mol. The Labute approximate surface area is 88.3 Å². The van der Waals surface area contributed by atoms with Crippen molar-refractivity contribution in [2.75, 3.05) is 18.0 Å². The van der Waals surface area contributed by atoms with E-state index in [4.69, 9.17) is 5.11 Å². The summed E-state index contributed by atoms with van der Waals surface area (Å²) in [4.78, 5) is 13.0. The van der Waals surface area contributed by atoms with Crippen molar-refractivity contribution in [2.45, 2.75) is 12.8 Å². The van der Waals surface area contributed by atoms with Gasteiger partial charge in [-0.1, -0.05) is 0 Å². The van der Waals surface area contributed by atoms with Crippen molar-refractivity contribution in [1.29, 1.82) is 0 Å². The van der Waals surface area contributed by atoms with Gasteiger partial charge in [-0.25, -0.2) is 0 Å². The molecular weight excluding hydrogens is 194 g/mol. The number of aliphatic carboxylic acids is 1. The zero-order valence-corrected chi connectivity index (χ0v) is 8.76. The SMILES string of the molecule is Cn1nccc1N1CCC(C(=O)O)CC1. The molecule has 82 valence electrons. The lowest BCUT2D eigenvalue weighted by molar-refractivity contribution is -0.142. The summed E-state index contributed by atoms with van der Waals surface area (Å²) in [6.07, 6.45) is 3.21. The van der Waals surface area contributed by atoms with Crippen LogP contribution in [0.2, 0.25) is 0 Å². The van der Waals surface area contributed by atoms with Crippen LogP contribution < -0.4 is 4.90 Å². The van der Waals surface area contributed by atoms with E-state index in [9.17, 15) is 4.79 Å². The van der Waals surface area contributed by atoms with Crippen LogP contribution in [0.5, 0.6) is 0 Å². The fourth-order valence-electron chi connectivity index (χ4n) is 2.03.